The topological polar surface area (TPSA) is 63.6 Å². The molecule has 0 aliphatic carbocycles. The SMILES string of the molecule is Fc1c(NCc2ccc3cnccc3c2)ncnc1-c1ccc2ncccc2c1. The van der Waals surface area contributed by atoms with E-state index < -0.39 is 5.82 Å². The molecule has 1 N–H and O–H groups in total. The third-order valence-corrected chi connectivity index (χ3v) is 4.83. The summed E-state index contributed by atoms with van der Waals surface area (Å²) in [4.78, 5) is 16.7. The van der Waals surface area contributed by atoms with Gasteiger partial charge in [-0.1, -0.05) is 24.3 Å². The summed E-state index contributed by atoms with van der Waals surface area (Å²) in [6, 6.07) is 17.4. The maximum absolute atomic E-state index is 15.1. The second-order valence-corrected chi connectivity index (χ2v) is 6.71. The molecule has 0 amide bonds. The van der Waals surface area contributed by atoms with Crippen LogP contribution in [0.1, 0.15) is 5.56 Å². The van der Waals surface area contributed by atoms with Crippen LogP contribution in [-0.4, -0.2) is 19.9 Å². The first-order chi connectivity index (χ1) is 14.3. The predicted molar refractivity (Wildman–Crippen MR) is 112 cm³/mol. The van der Waals surface area contributed by atoms with Gasteiger partial charge in [-0.2, -0.15) is 0 Å². The number of benzene rings is 2. The van der Waals surface area contributed by atoms with Crippen LogP contribution in [0.5, 0.6) is 0 Å². The van der Waals surface area contributed by atoms with E-state index in [9.17, 15) is 0 Å². The van der Waals surface area contributed by atoms with Crippen LogP contribution >= 0.6 is 0 Å². The summed E-state index contributed by atoms with van der Waals surface area (Å²) in [5, 5.41) is 6.18. The highest BCUT2D eigenvalue weighted by atomic mass is 19.1. The van der Waals surface area contributed by atoms with Crippen molar-refractivity contribution in [1.82, 2.24) is 19.9 Å². The minimum Gasteiger partial charge on any atom is -0.363 e. The molecule has 0 saturated carbocycles. The minimum absolute atomic E-state index is 0.177. The minimum atomic E-state index is -0.472. The Morgan fingerprint density at radius 2 is 1.79 bits per heavy atom. The first-order valence-corrected chi connectivity index (χ1v) is 9.20. The Labute approximate surface area is 166 Å². The second kappa shape index (κ2) is 7.24. The average Bonchev–Trinajstić information content (AvgIpc) is 2.78. The molecule has 2 aromatic carbocycles. The van der Waals surface area contributed by atoms with E-state index in [-0.39, 0.29) is 11.5 Å². The van der Waals surface area contributed by atoms with E-state index >= 15 is 4.39 Å². The highest BCUT2D eigenvalue weighted by Gasteiger charge is 2.13. The first-order valence-electron chi connectivity index (χ1n) is 9.20. The van der Waals surface area contributed by atoms with E-state index in [2.05, 4.69) is 31.3 Å². The molecule has 0 spiro atoms. The number of rotatable bonds is 4. The molecule has 0 atom stereocenters. The number of nitrogens with zero attached hydrogens (tertiary/aromatic N) is 4. The number of pyridine rings is 2. The monoisotopic (exact) mass is 381 g/mol. The average molecular weight is 381 g/mol. The lowest BCUT2D eigenvalue weighted by Crippen LogP contribution is -2.05. The van der Waals surface area contributed by atoms with Gasteiger partial charge < -0.3 is 5.32 Å². The van der Waals surface area contributed by atoms with E-state index in [1.807, 2.05) is 54.7 Å². The summed E-state index contributed by atoms with van der Waals surface area (Å²) in [6.45, 7) is 0.452. The number of hydrogen-bond acceptors (Lipinski definition) is 5. The molecule has 0 bridgehead atoms. The van der Waals surface area contributed by atoms with Crippen LogP contribution in [0.4, 0.5) is 10.2 Å². The Morgan fingerprint density at radius 1 is 0.828 bits per heavy atom. The largest absolute Gasteiger partial charge is 0.363 e. The van der Waals surface area contributed by atoms with Crippen LogP contribution in [0.25, 0.3) is 32.9 Å². The highest BCUT2D eigenvalue weighted by molar-refractivity contribution is 5.84. The number of hydrogen-bond donors (Lipinski definition) is 1. The highest BCUT2D eigenvalue weighted by Crippen LogP contribution is 2.27. The van der Waals surface area contributed by atoms with Crippen molar-refractivity contribution in [2.75, 3.05) is 5.32 Å². The molecule has 0 unspecified atom stereocenters. The quantitative estimate of drug-likeness (QED) is 0.475. The molecule has 29 heavy (non-hydrogen) atoms. The van der Waals surface area contributed by atoms with Crippen LogP contribution in [0, 0.1) is 5.82 Å². The van der Waals surface area contributed by atoms with Crippen molar-refractivity contribution in [2.45, 2.75) is 6.54 Å². The van der Waals surface area contributed by atoms with E-state index in [0.29, 0.717) is 12.1 Å². The van der Waals surface area contributed by atoms with Crippen LogP contribution < -0.4 is 5.32 Å². The molecule has 3 aromatic heterocycles. The maximum atomic E-state index is 15.1. The van der Waals surface area contributed by atoms with Gasteiger partial charge in [0.15, 0.2) is 11.6 Å². The van der Waals surface area contributed by atoms with Crippen molar-refractivity contribution in [3.8, 4) is 11.3 Å². The summed E-state index contributed by atoms with van der Waals surface area (Å²) in [5.74, 6) is -0.295. The molecule has 0 saturated heterocycles. The zero-order chi connectivity index (χ0) is 19.6. The number of fused-ring (bicyclic) bond motifs is 2. The Kier molecular flexibility index (Phi) is 4.29. The van der Waals surface area contributed by atoms with Crippen molar-refractivity contribution in [1.29, 1.82) is 0 Å². The van der Waals surface area contributed by atoms with Gasteiger partial charge in [0.25, 0.3) is 0 Å². The number of aromatic nitrogens is 4. The molecule has 5 nitrogen and oxygen atoms in total. The molecular weight excluding hydrogens is 365 g/mol. The summed E-state index contributed by atoms with van der Waals surface area (Å²) in [6.07, 6.45) is 6.69. The Bertz CT molecular complexity index is 1340. The van der Waals surface area contributed by atoms with E-state index in [0.717, 1.165) is 27.2 Å². The Balaban J connectivity index is 1.43. The van der Waals surface area contributed by atoms with Crippen molar-refractivity contribution in [2.24, 2.45) is 0 Å². The van der Waals surface area contributed by atoms with Gasteiger partial charge in [0, 0.05) is 41.5 Å². The fourth-order valence-corrected chi connectivity index (χ4v) is 3.35. The third kappa shape index (κ3) is 3.36. The van der Waals surface area contributed by atoms with Crippen LogP contribution in [0.3, 0.4) is 0 Å². The van der Waals surface area contributed by atoms with Gasteiger partial charge in [0.05, 0.1) is 5.52 Å². The molecule has 0 fully saturated rings. The summed E-state index contributed by atoms with van der Waals surface area (Å²) >= 11 is 0. The molecule has 0 aliphatic heterocycles. The van der Waals surface area contributed by atoms with Crippen LogP contribution in [0.15, 0.2) is 79.5 Å². The lowest BCUT2D eigenvalue weighted by atomic mass is 10.1. The van der Waals surface area contributed by atoms with Gasteiger partial charge in [-0.05, 0) is 41.3 Å². The van der Waals surface area contributed by atoms with E-state index in [1.165, 1.54) is 6.33 Å². The molecule has 0 radical (unpaired) electrons. The molecule has 5 aromatic rings. The zero-order valence-electron chi connectivity index (χ0n) is 15.4. The van der Waals surface area contributed by atoms with Gasteiger partial charge in [-0.25, -0.2) is 14.4 Å². The molecule has 3 heterocycles. The van der Waals surface area contributed by atoms with Gasteiger partial charge >= 0.3 is 0 Å². The summed E-state index contributed by atoms with van der Waals surface area (Å²) in [5.41, 5.74) is 2.83. The number of halogens is 1. The second-order valence-electron chi connectivity index (χ2n) is 6.71. The maximum Gasteiger partial charge on any atom is 0.191 e. The van der Waals surface area contributed by atoms with E-state index in [4.69, 9.17) is 0 Å². The van der Waals surface area contributed by atoms with Crippen molar-refractivity contribution < 1.29 is 4.39 Å². The molecule has 5 rings (SSSR count). The predicted octanol–water partition coefficient (Wildman–Crippen LogP) is 4.99. The Hall–Kier alpha value is -3.93. The zero-order valence-corrected chi connectivity index (χ0v) is 15.4. The standard InChI is InChI=1S/C23H16FN5/c24-21-22(18-5-6-20-17(11-18)2-1-8-26-20)28-14-29-23(21)27-12-15-3-4-19-13-25-9-7-16(19)10-15/h1-11,13-14H,12H2,(H,27,28,29). The van der Waals surface area contributed by atoms with Gasteiger partial charge in [0.2, 0.25) is 0 Å². The first kappa shape index (κ1) is 17.2. The van der Waals surface area contributed by atoms with Gasteiger partial charge in [-0.15, -0.1) is 0 Å². The lowest BCUT2D eigenvalue weighted by molar-refractivity contribution is 0.621. The van der Waals surface area contributed by atoms with Crippen molar-refractivity contribution in [3.63, 3.8) is 0 Å². The van der Waals surface area contributed by atoms with Crippen molar-refractivity contribution in [3.05, 3.63) is 90.9 Å². The smallest absolute Gasteiger partial charge is 0.191 e. The summed E-state index contributed by atoms with van der Waals surface area (Å²) < 4.78 is 15.1. The lowest BCUT2D eigenvalue weighted by Gasteiger charge is -2.10. The van der Waals surface area contributed by atoms with Crippen LogP contribution in [-0.2, 0) is 6.54 Å². The van der Waals surface area contributed by atoms with Gasteiger partial charge in [-0.3, -0.25) is 9.97 Å². The van der Waals surface area contributed by atoms with Gasteiger partial charge in [0.1, 0.15) is 12.0 Å². The van der Waals surface area contributed by atoms with Crippen LogP contribution in [0.2, 0.25) is 0 Å². The number of nitrogens with one attached hydrogen (secondary N) is 1. The van der Waals surface area contributed by atoms with E-state index in [1.54, 1.807) is 12.4 Å². The fraction of sp³-hybridized carbons (Fsp3) is 0.0435. The molecule has 6 heteroatoms. The molecular formula is C23H16FN5. The summed E-state index contributed by atoms with van der Waals surface area (Å²) in [7, 11) is 0. The molecule has 0 aliphatic rings. The third-order valence-electron chi connectivity index (χ3n) is 4.83. The fourth-order valence-electron chi connectivity index (χ4n) is 3.35. The molecule has 140 valence electrons. The van der Waals surface area contributed by atoms with Crippen molar-refractivity contribution >= 4 is 27.5 Å². The normalized spacial score (nSPS) is 11.1. The number of anilines is 1. The Morgan fingerprint density at radius 3 is 2.76 bits per heavy atom.